The molecule has 2 saturated heterocycles. The fourth-order valence-electron chi connectivity index (χ4n) is 3.35. The molecule has 22 heavy (non-hydrogen) atoms. The van der Waals surface area contributed by atoms with Gasteiger partial charge in [0.2, 0.25) is 0 Å². The number of hydrogen-bond acceptors (Lipinski definition) is 4. The van der Waals surface area contributed by atoms with Gasteiger partial charge < -0.3 is 9.64 Å². The molecule has 0 unspecified atom stereocenters. The zero-order valence-electron chi connectivity index (χ0n) is 13.6. The molecular formula is C16H26N4O2. The number of aromatic nitrogens is 2. The van der Waals surface area contributed by atoms with Crippen LogP contribution in [0.4, 0.5) is 0 Å². The molecule has 1 aromatic heterocycles. The van der Waals surface area contributed by atoms with Gasteiger partial charge in [-0.15, -0.1) is 0 Å². The van der Waals surface area contributed by atoms with Crippen LogP contribution in [0.25, 0.3) is 0 Å². The molecule has 0 radical (unpaired) electrons. The smallest absolute Gasteiger partial charge is 0.257 e. The number of likely N-dealkylation sites (tertiary alicyclic amines) is 1. The van der Waals surface area contributed by atoms with Gasteiger partial charge in [-0.1, -0.05) is 0 Å². The van der Waals surface area contributed by atoms with E-state index in [1.54, 1.807) is 10.9 Å². The average molecular weight is 306 g/mol. The number of carbonyl (C=O) groups excluding carboxylic acids is 1. The van der Waals surface area contributed by atoms with Crippen molar-refractivity contribution in [2.45, 2.75) is 19.8 Å². The van der Waals surface area contributed by atoms with Crippen LogP contribution in [-0.2, 0) is 11.8 Å². The van der Waals surface area contributed by atoms with Crippen molar-refractivity contribution in [1.29, 1.82) is 0 Å². The first-order chi connectivity index (χ1) is 10.6. The van der Waals surface area contributed by atoms with E-state index in [0.717, 1.165) is 70.0 Å². The lowest BCUT2D eigenvalue weighted by molar-refractivity contribution is 0.0243. The molecule has 2 aliphatic heterocycles. The monoisotopic (exact) mass is 306 g/mol. The maximum absolute atomic E-state index is 12.6. The predicted octanol–water partition coefficient (Wildman–Crippen LogP) is 0.913. The average Bonchev–Trinajstić information content (AvgIpc) is 2.88. The first kappa shape index (κ1) is 15.5. The van der Waals surface area contributed by atoms with Gasteiger partial charge in [-0.05, 0) is 25.7 Å². The number of amides is 1. The third kappa shape index (κ3) is 3.33. The number of hydrogen-bond donors (Lipinski definition) is 0. The number of nitrogens with zero attached hydrogens (tertiary/aromatic N) is 4. The molecular weight excluding hydrogens is 280 g/mol. The Labute approximate surface area is 132 Å². The van der Waals surface area contributed by atoms with Crippen LogP contribution in [0.5, 0.6) is 0 Å². The van der Waals surface area contributed by atoms with Gasteiger partial charge in [-0.25, -0.2) is 0 Å². The van der Waals surface area contributed by atoms with Crippen molar-refractivity contribution in [1.82, 2.24) is 19.6 Å². The normalized spacial score (nSPS) is 21.3. The van der Waals surface area contributed by atoms with Crippen LogP contribution in [0.2, 0.25) is 0 Å². The first-order valence-electron chi connectivity index (χ1n) is 8.23. The second-order valence-electron chi connectivity index (χ2n) is 6.42. The summed E-state index contributed by atoms with van der Waals surface area (Å²) in [6.45, 7) is 8.64. The highest BCUT2D eigenvalue weighted by Gasteiger charge is 2.27. The molecule has 0 saturated carbocycles. The van der Waals surface area contributed by atoms with Crippen LogP contribution < -0.4 is 0 Å². The van der Waals surface area contributed by atoms with Crippen molar-refractivity contribution in [2.75, 3.05) is 45.9 Å². The van der Waals surface area contributed by atoms with Gasteiger partial charge >= 0.3 is 0 Å². The van der Waals surface area contributed by atoms with Crippen molar-refractivity contribution in [3.05, 3.63) is 17.5 Å². The molecule has 6 nitrogen and oxygen atoms in total. The Balaban J connectivity index is 1.50. The van der Waals surface area contributed by atoms with Crippen molar-refractivity contribution < 1.29 is 9.53 Å². The van der Waals surface area contributed by atoms with E-state index in [0.29, 0.717) is 5.92 Å². The first-order valence-corrected chi connectivity index (χ1v) is 8.23. The van der Waals surface area contributed by atoms with Crippen molar-refractivity contribution >= 4 is 5.91 Å². The second kappa shape index (κ2) is 6.79. The molecule has 0 atom stereocenters. The number of rotatable bonds is 3. The van der Waals surface area contributed by atoms with Gasteiger partial charge in [-0.3, -0.25) is 14.4 Å². The third-order valence-electron chi connectivity index (χ3n) is 4.99. The Morgan fingerprint density at radius 2 is 1.95 bits per heavy atom. The molecule has 0 aromatic carbocycles. The summed E-state index contributed by atoms with van der Waals surface area (Å²) in [5, 5.41) is 4.18. The molecule has 0 spiro atoms. The van der Waals surface area contributed by atoms with E-state index < -0.39 is 0 Å². The Morgan fingerprint density at radius 1 is 1.27 bits per heavy atom. The quantitative estimate of drug-likeness (QED) is 0.833. The molecule has 6 heteroatoms. The fraction of sp³-hybridized carbons (Fsp3) is 0.750. The zero-order valence-corrected chi connectivity index (χ0v) is 13.6. The highest BCUT2D eigenvalue weighted by atomic mass is 16.5. The maximum Gasteiger partial charge on any atom is 0.257 e. The SMILES string of the molecule is Cc1c(C(=O)N2CCC(CN3CCOCC3)CC2)cnn1C. The van der Waals surface area contributed by atoms with Crippen LogP contribution >= 0.6 is 0 Å². The summed E-state index contributed by atoms with van der Waals surface area (Å²) < 4.78 is 7.16. The standard InChI is InChI=1S/C16H26N4O2/c1-13-15(11-17-18(13)2)16(21)20-5-3-14(4-6-20)12-19-7-9-22-10-8-19/h11,14H,3-10,12H2,1-2H3. The van der Waals surface area contributed by atoms with Crippen molar-refractivity contribution in [3.8, 4) is 0 Å². The maximum atomic E-state index is 12.6. The van der Waals surface area contributed by atoms with E-state index in [9.17, 15) is 4.79 Å². The fourth-order valence-corrected chi connectivity index (χ4v) is 3.35. The zero-order chi connectivity index (χ0) is 15.5. The highest BCUT2D eigenvalue weighted by Crippen LogP contribution is 2.21. The summed E-state index contributed by atoms with van der Waals surface area (Å²) in [6, 6.07) is 0. The largest absolute Gasteiger partial charge is 0.379 e. The molecule has 2 fully saturated rings. The van der Waals surface area contributed by atoms with E-state index in [-0.39, 0.29) is 5.91 Å². The van der Waals surface area contributed by atoms with Crippen molar-refractivity contribution in [3.63, 3.8) is 0 Å². The van der Waals surface area contributed by atoms with Crippen LogP contribution in [0.1, 0.15) is 28.9 Å². The van der Waals surface area contributed by atoms with Crippen LogP contribution in [0.15, 0.2) is 6.20 Å². The lowest BCUT2D eigenvalue weighted by atomic mass is 9.95. The minimum absolute atomic E-state index is 0.135. The van der Waals surface area contributed by atoms with Gasteiger partial charge in [0.25, 0.3) is 5.91 Å². The molecule has 1 aromatic rings. The Hall–Kier alpha value is -1.40. The minimum Gasteiger partial charge on any atom is -0.379 e. The summed E-state index contributed by atoms with van der Waals surface area (Å²) in [6.07, 6.45) is 3.89. The summed E-state index contributed by atoms with van der Waals surface area (Å²) in [5.41, 5.74) is 1.69. The van der Waals surface area contributed by atoms with E-state index in [1.807, 2.05) is 18.9 Å². The van der Waals surface area contributed by atoms with Crippen LogP contribution in [0, 0.1) is 12.8 Å². The number of piperidine rings is 1. The number of aryl methyl sites for hydroxylation is 1. The third-order valence-corrected chi connectivity index (χ3v) is 4.99. The van der Waals surface area contributed by atoms with Gasteiger partial charge in [0.15, 0.2) is 0 Å². The molecule has 0 aliphatic carbocycles. The van der Waals surface area contributed by atoms with Gasteiger partial charge in [0.05, 0.1) is 25.0 Å². The molecule has 2 aliphatic rings. The number of morpholine rings is 1. The Morgan fingerprint density at radius 3 is 2.55 bits per heavy atom. The Kier molecular flexibility index (Phi) is 4.78. The summed E-state index contributed by atoms with van der Waals surface area (Å²) in [4.78, 5) is 17.1. The second-order valence-corrected chi connectivity index (χ2v) is 6.42. The summed E-state index contributed by atoms with van der Waals surface area (Å²) in [7, 11) is 1.88. The molecule has 122 valence electrons. The van der Waals surface area contributed by atoms with Gasteiger partial charge in [0, 0.05) is 45.5 Å². The Bertz CT molecular complexity index is 514. The summed E-state index contributed by atoms with van der Waals surface area (Å²) >= 11 is 0. The van der Waals surface area contributed by atoms with E-state index >= 15 is 0 Å². The van der Waals surface area contributed by atoms with Gasteiger partial charge in [0.1, 0.15) is 0 Å². The number of ether oxygens (including phenoxy) is 1. The molecule has 0 bridgehead atoms. The molecule has 3 heterocycles. The molecule has 1 amide bonds. The summed E-state index contributed by atoms with van der Waals surface area (Å²) in [5.74, 6) is 0.840. The lowest BCUT2D eigenvalue weighted by Gasteiger charge is -2.36. The predicted molar refractivity (Wildman–Crippen MR) is 83.8 cm³/mol. The lowest BCUT2D eigenvalue weighted by Crippen LogP contribution is -2.44. The van der Waals surface area contributed by atoms with E-state index in [2.05, 4.69) is 10.00 Å². The molecule has 3 rings (SSSR count). The van der Waals surface area contributed by atoms with Crippen LogP contribution in [-0.4, -0.2) is 71.4 Å². The van der Waals surface area contributed by atoms with Crippen LogP contribution in [0.3, 0.4) is 0 Å². The number of carbonyl (C=O) groups is 1. The van der Waals surface area contributed by atoms with Crippen molar-refractivity contribution in [2.24, 2.45) is 13.0 Å². The minimum atomic E-state index is 0.135. The topological polar surface area (TPSA) is 50.6 Å². The van der Waals surface area contributed by atoms with E-state index in [1.165, 1.54) is 0 Å². The van der Waals surface area contributed by atoms with Gasteiger partial charge in [-0.2, -0.15) is 5.10 Å². The van der Waals surface area contributed by atoms with E-state index in [4.69, 9.17) is 4.74 Å². The molecule has 0 N–H and O–H groups in total. The highest BCUT2D eigenvalue weighted by molar-refractivity contribution is 5.95.